The van der Waals surface area contributed by atoms with Crippen molar-refractivity contribution < 1.29 is 8.42 Å². The summed E-state index contributed by atoms with van der Waals surface area (Å²) in [5.74, 6) is 0. The van der Waals surface area contributed by atoms with E-state index in [0.29, 0.717) is 13.1 Å². The van der Waals surface area contributed by atoms with Crippen molar-refractivity contribution in [1.29, 1.82) is 0 Å². The first-order valence-electron chi connectivity index (χ1n) is 4.19. The summed E-state index contributed by atoms with van der Waals surface area (Å²) in [6.07, 6.45) is 0. The maximum absolute atomic E-state index is 11.1. The lowest BCUT2D eigenvalue weighted by Crippen LogP contribution is -2.44. The Morgan fingerprint density at radius 1 is 1.23 bits per heavy atom. The average Bonchev–Trinajstić information content (AvgIpc) is 1.81. The molecule has 0 aliphatic rings. The summed E-state index contributed by atoms with van der Waals surface area (Å²) in [5, 5.41) is 5.05. The fourth-order valence-electron chi connectivity index (χ4n) is 0.978. The highest BCUT2D eigenvalue weighted by Crippen LogP contribution is 2.01. The average molecular weight is 209 g/mol. The maximum atomic E-state index is 11.1. The quantitative estimate of drug-likeness (QED) is 0.661. The molecule has 0 radical (unpaired) electrons. The van der Waals surface area contributed by atoms with E-state index < -0.39 is 10.2 Å². The normalized spacial score (nSPS) is 13.2. The van der Waals surface area contributed by atoms with E-state index in [-0.39, 0.29) is 6.04 Å². The van der Waals surface area contributed by atoms with Crippen LogP contribution < -0.4 is 5.14 Å². The van der Waals surface area contributed by atoms with E-state index in [4.69, 9.17) is 5.14 Å². The Bertz CT molecular complexity index is 236. The van der Waals surface area contributed by atoms with E-state index in [1.807, 2.05) is 19.0 Å². The van der Waals surface area contributed by atoms with E-state index in [1.54, 1.807) is 13.8 Å². The maximum Gasteiger partial charge on any atom is 0.277 e. The van der Waals surface area contributed by atoms with Crippen LogP contribution in [0.15, 0.2) is 0 Å². The van der Waals surface area contributed by atoms with Crippen LogP contribution in [0.2, 0.25) is 0 Å². The van der Waals surface area contributed by atoms with Gasteiger partial charge in [-0.05, 0) is 27.9 Å². The molecule has 0 saturated carbocycles. The van der Waals surface area contributed by atoms with E-state index in [9.17, 15) is 8.42 Å². The molecule has 0 aromatic heterocycles. The van der Waals surface area contributed by atoms with Crippen molar-refractivity contribution in [3.05, 3.63) is 0 Å². The Balaban J connectivity index is 4.30. The van der Waals surface area contributed by atoms with Gasteiger partial charge >= 0.3 is 0 Å². The minimum atomic E-state index is -3.55. The molecule has 5 nitrogen and oxygen atoms in total. The van der Waals surface area contributed by atoms with Gasteiger partial charge in [0.05, 0.1) is 0 Å². The van der Waals surface area contributed by atoms with Crippen LogP contribution in [-0.2, 0) is 10.2 Å². The van der Waals surface area contributed by atoms with Gasteiger partial charge in [0, 0.05) is 19.1 Å². The lowest BCUT2D eigenvalue weighted by atomic mass is 10.4. The van der Waals surface area contributed by atoms with Crippen molar-refractivity contribution in [1.82, 2.24) is 9.21 Å². The summed E-state index contributed by atoms with van der Waals surface area (Å²) < 4.78 is 23.4. The van der Waals surface area contributed by atoms with Gasteiger partial charge in [-0.15, -0.1) is 0 Å². The molecule has 0 spiro atoms. The SMILES string of the molecule is CC(C)N(CCN(C)C)S(N)(=O)=O. The largest absolute Gasteiger partial charge is 0.308 e. The van der Waals surface area contributed by atoms with Gasteiger partial charge < -0.3 is 4.90 Å². The molecule has 0 atom stereocenters. The zero-order valence-corrected chi connectivity index (χ0v) is 9.50. The van der Waals surface area contributed by atoms with Crippen LogP contribution in [0.1, 0.15) is 13.8 Å². The van der Waals surface area contributed by atoms with E-state index in [2.05, 4.69) is 0 Å². The second kappa shape index (κ2) is 4.90. The fraction of sp³-hybridized carbons (Fsp3) is 1.00. The molecule has 13 heavy (non-hydrogen) atoms. The summed E-state index contributed by atoms with van der Waals surface area (Å²) in [6.45, 7) is 4.72. The third-order valence-electron chi connectivity index (χ3n) is 1.67. The molecule has 0 aliphatic carbocycles. The minimum Gasteiger partial charge on any atom is -0.308 e. The lowest BCUT2D eigenvalue weighted by Gasteiger charge is -2.24. The molecule has 6 heteroatoms. The standard InChI is InChI=1S/C7H19N3O2S/c1-7(2)10(13(8,11)12)6-5-9(3)4/h7H,5-6H2,1-4H3,(H2,8,11,12). The first-order valence-corrected chi connectivity index (χ1v) is 5.69. The second-order valence-corrected chi connectivity index (χ2v) is 5.05. The Morgan fingerprint density at radius 3 is 1.92 bits per heavy atom. The summed E-state index contributed by atoms with van der Waals surface area (Å²) in [5.41, 5.74) is 0. The van der Waals surface area contributed by atoms with Crippen molar-refractivity contribution in [2.75, 3.05) is 27.2 Å². The highest BCUT2D eigenvalue weighted by atomic mass is 32.2. The molecule has 0 saturated heterocycles. The molecule has 0 rings (SSSR count). The van der Waals surface area contributed by atoms with Gasteiger partial charge in [0.15, 0.2) is 0 Å². The predicted octanol–water partition coefficient (Wildman–Crippen LogP) is -0.538. The van der Waals surface area contributed by atoms with Crippen LogP contribution >= 0.6 is 0 Å². The van der Waals surface area contributed by atoms with E-state index in [0.717, 1.165) is 0 Å². The van der Waals surface area contributed by atoms with Gasteiger partial charge in [0.2, 0.25) is 0 Å². The topological polar surface area (TPSA) is 66.6 Å². The highest BCUT2D eigenvalue weighted by Gasteiger charge is 2.19. The Kier molecular flexibility index (Phi) is 4.83. The Labute approximate surface area is 80.7 Å². The molecule has 0 aromatic carbocycles. The summed E-state index contributed by atoms with van der Waals surface area (Å²) >= 11 is 0. The molecule has 0 aromatic rings. The van der Waals surface area contributed by atoms with Crippen LogP contribution in [0.3, 0.4) is 0 Å². The van der Waals surface area contributed by atoms with Gasteiger partial charge in [0.1, 0.15) is 0 Å². The van der Waals surface area contributed by atoms with Gasteiger partial charge in [-0.2, -0.15) is 12.7 Å². The van der Waals surface area contributed by atoms with Crippen molar-refractivity contribution >= 4 is 10.2 Å². The zero-order chi connectivity index (χ0) is 10.6. The number of rotatable bonds is 5. The van der Waals surface area contributed by atoms with E-state index >= 15 is 0 Å². The minimum absolute atomic E-state index is 0.0880. The van der Waals surface area contributed by atoms with Crippen molar-refractivity contribution in [3.8, 4) is 0 Å². The summed E-state index contributed by atoms with van der Waals surface area (Å²) in [4.78, 5) is 1.92. The monoisotopic (exact) mass is 209 g/mol. The molecule has 0 unspecified atom stereocenters. The Morgan fingerprint density at radius 2 is 1.69 bits per heavy atom. The molecule has 0 fully saturated rings. The predicted molar refractivity (Wildman–Crippen MR) is 53.5 cm³/mol. The van der Waals surface area contributed by atoms with Gasteiger partial charge in [-0.3, -0.25) is 0 Å². The number of nitrogens with zero attached hydrogens (tertiary/aromatic N) is 2. The van der Waals surface area contributed by atoms with Crippen molar-refractivity contribution in [3.63, 3.8) is 0 Å². The van der Waals surface area contributed by atoms with E-state index in [1.165, 1.54) is 4.31 Å². The molecule has 0 heterocycles. The first kappa shape index (κ1) is 12.8. The van der Waals surface area contributed by atoms with Gasteiger partial charge in [0.25, 0.3) is 10.2 Å². The number of hydrogen-bond acceptors (Lipinski definition) is 3. The fourth-order valence-corrected chi connectivity index (χ4v) is 1.90. The Hall–Kier alpha value is -0.170. The number of nitrogens with two attached hydrogens (primary N) is 1. The van der Waals surface area contributed by atoms with Crippen LogP contribution in [0.4, 0.5) is 0 Å². The molecular formula is C7H19N3O2S. The number of hydrogen-bond donors (Lipinski definition) is 1. The van der Waals surface area contributed by atoms with Gasteiger partial charge in [-0.1, -0.05) is 0 Å². The molecule has 0 bridgehead atoms. The highest BCUT2D eigenvalue weighted by molar-refractivity contribution is 7.86. The summed E-state index contributed by atoms with van der Waals surface area (Å²) in [7, 11) is 0.228. The van der Waals surface area contributed by atoms with Crippen LogP contribution in [-0.4, -0.2) is 50.8 Å². The zero-order valence-electron chi connectivity index (χ0n) is 8.69. The third kappa shape index (κ3) is 5.20. The molecule has 0 aliphatic heterocycles. The molecule has 80 valence electrons. The molecule has 2 N–H and O–H groups in total. The van der Waals surface area contributed by atoms with Crippen LogP contribution in [0, 0.1) is 0 Å². The lowest BCUT2D eigenvalue weighted by molar-refractivity contribution is 0.301. The molecule has 0 amide bonds. The smallest absolute Gasteiger partial charge is 0.277 e. The van der Waals surface area contributed by atoms with Gasteiger partial charge in [-0.25, -0.2) is 5.14 Å². The summed E-state index contributed by atoms with van der Waals surface area (Å²) in [6, 6.07) is -0.0880. The van der Waals surface area contributed by atoms with Crippen LogP contribution in [0.25, 0.3) is 0 Å². The van der Waals surface area contributed by atoms with Crippen molar-refractivity contribution in [2.24, 2.45) is 5.14 Å². The van der Waals surface area contributed by atoms with Crippen LogP contribution in [0.5, 0.6) is 0 Å². The molecular weight excluding hydrogens is 190 g/mol. The number of likely N-dealkylation sites (N-methyl/N-ethyl adjacent to an activating group) is 1. The third-order valence-corrected chi connectivity index (χ3v) is 2.93. The van der Waals surface area contributed by atoms with Crippen molar-refractivity contribution in [2.45, 2.75) is 19.9 Å². The second-order valence-electron chi connectivity index (χ2n) is 3.55. The first-order chi connectivity index (χ1) is 5.75.